The van der Waals surface area contributed by atoms with E-state index in [-0.39, 0.29) is 0 Å². The van der Waals surface area contributed by atoms with E-state index in [1.807, 2.05) is 12.1 Å². The highest BCUT2D eigenvalue weighted by Crippen LogP contribution is 2.19. The lowest BCUT2D eigenvalue weighted by Gasteiger charge is -2.24. The van der Waals surface area contributed by atoms with Crippen LogP contribution >= 0.6 is 15.9 Å². The van der Waals surface area contributed by atoms with Crippen LogP contribution in [0.1, 0.15) is 32.4 Å². The van der Waals surface area contributed by atoms with Crippen LogP contribution in [0.3, 0.4) is 0 Å². The molecule has 0 spiro atoms. The molecule has 1 aromatic rings. The summed E-state index contributed by atoms with van der Waals surface area (Å²) in [5, 5.41) is 22.2. The Kier molecular flexibility index (Phi) is 4.90. The molecule has 0 saturated heterocycles. The molecule has 4 nitrogen and oxygen atoms in total. The van der Waals surface area contributed by atoms with Crippen LogP contribution in [-0.2, 0) is 4.79 Å². The van der Waals surface area contributed by atoms with Gasteiger partial charge in [0, 0.05) is 4.47 Å². The molecular weight excluding hydrogens is 298 g/mol. The molecule has 18 heavy (non-hydrogen) atoms. The highest BCUT2D eigenvalue weighted by Gasteiger charge is 2.27. The van der Waals surface area contributed by atoms with Crippen LogP contribution in [0.15, 0.2) is 28.7 Å². The molecule has 0 aromatic heterocycles. The van der Waals surface area contributed by atoms with Crippen molar-refractivity contribution >= 4 is 21.8 Å². The zero-order valence-corrected chi connectivity index (χ0v) is 12.2. The van der Waals surface area contributed by atoms with Crippen molar-refractivity contribution in [2.24, 2.45) is 0 Å². The highest BCUT2D eigenvalue weighted by atomic mass is 79.9. The maximum Gasteiger partial charge on any atom is 0.251 e. The van der Waals surface area contributed by atoms with Gasteiger partial charge in [0.2, 0.25) is 0 Å². The van der Waals surface area contributed by atoms with Crippen molar-refractivity contribution in [3.63, 3.8) is 0 Å². The second-order valence-electron chi connectivity index (χ2n) is 4.82. The fourth-order valence-electron chi connectivity index (χ4n) is 1.41. The summed E-state index contributed by atoms with van der Waals surface area (Å²) in [5.74, 6) is -0.508. The average Bonchev–Trinajstić information content (AvgIpc) is 2.27. The Morgan fingerprint density at radius 1 is 1.33 bits per heavy atom. The number of carbonyl (C=O) groups excluding carboxylic acids is 1. The molecule has 0 radical (unpaired) electrons. The van der Waals surface area contributed by atoms with E-state index in [1.165, 1.54) is 13.8 Å². The Bertz CT molecular complexity index is 411. The summed E-state index contributed by atoms with van der Waals surface area (Å²) in [6, 6.07) is 6.72. The SMILES string of the molecule is C[C@H](NC(=O)C(C)(C)O)[C@@H](O)c1ccc(Br)cc1. The van der Waals surface area contributed by atoms with E-state index in [4.69, 9.17) is 0 Å². The first kappa shape index (κ1) is 15.1. The van der Waals surface area contributed by atoms with Crippen LogP contribution in [0.25, 0.3) is 0 Å². The zero-order chi connectivity index (χ0) is 13.9. The monoisotopic (exact) mass is 315 g/mol. The van der Waals surface area contributed by atoms with Gasteiger partial charge in [0.05, 0.1) is 12.1 Å². The largest absolute Gasteiger partial charge is 0.386 e. The Balaban J connectivity index is 2.70. The first-order valence-corrected chi connectivity index (χ1v) is 6.48. The number of nitrogens with one attached hydrogen (secondary N) is 1. The predicted octanol–water partition coefficient (Wildman–Crippen LogP) is 1.76. The summed E-state index contributed by atoms with van der Waals surface area (Å²) >= 11 is 3.31. The van der Waals surface area contributed by atoms with E-state index in [2.05, 4.69) is 21.2 Å². The molecule has 0 aliphatic heterocycles. The van der Waals surface area contributed by atoms with Crippen molar-refractivity contribution in [2.45, 2.75) is 38.5 Å². The molecule has 0 heterocycles. The maximum absolute atomic E-state index is 11.6. The quantitative estimate of drug-likeness (QED) is 0.793. The fourth-order valence-corrected chi connectivity index (χ4v) is 1.68. The Morgan fingerprint density at radius 3 is 2.28 bits per heavy atom. The van der Waals surface area contributed by atoms with Gasteiger partial charge >= 0.3 is 0 Å². The third-order valence-electron chi connectivity index (χ3n) is 2.60. The summed E-state index contributed by atoms with van der Waals surface area (Å²) in [6.07, 6.45) is -0.815. The molecule has 0 unspecified atom stereocenters. The van der Waals surface area contributed by atoms with Gasteiger partial charge in [0.1, 0.15) is 5.60 Å². The molecule has 0 saturated carbocycles. The lowest BCUT2D eigenvalue weighted by atomic mass is 10.0. The van der Waals surface area contributed by atoms with Crippen molar-refractivity contribution in [1.82, 2.24) is 5.32 Å². The third-order valence-corrected chi connectivity index (χ3v) is 3.13. The summed E-state index contributed by atoms with van der Waals surface area (Å²) in [4.78, 5) is 11.6. The maximum atomic E-state index is 11.6. The molecule has 1 aromatic carbocycles. The van der Waals surface area contributed by atoms with E-state index >= 15 is 0 Å². The summed E-state index contributed by atoms with van der Waals surface area (Å²) < 4.78 is 0.923. The van der Waals surface area contributed by atoms with Gasteiger partial charge in [0.25, 0.3) is 5.91 Å². The normalized spacial score (nSPS) is 15.0. The molecule has 0 aliphatic carbocycles. The minimum Gasteiger partial charge on any atom is -0.386 e. The van der Waals surface area contributed by atoms with Gasteiger partial charge in [0.15, 0.2) is 0 Å². The smallest absolute Gasteiger partial charge is 0.251 e. The number of carbonyl (C=O) groups is 1. The standard InChI is InChI=1S/C13H18BrNO3/c1-8(15-12(17)13(2,3)18)11(16)9-4-6-10(14)7-5-9/h4-8,11,16,18H,1-3H3,(H,15,17)/t8-,11+/m0/s1. The van der Waals surface area contributed by atoms with Gasteiger partial charge in [-0.3, -0.25) is 4.79 Å². The van der Waals surface area contributed by atoms with Gasteiger partial charge in [-0.1, -0.05) is 28.1 Å². The van der Waals surface area contributed by atoms with Crippen LogP contribution in [-0.4, -0.2) is 27.8 Å². The van der Waals surface area contributed by atoms with Gasteiger partial charge in [-0.15, -0.1) is 0 Å². The molecule has 0 aliphatic rings. The van der Waals surface area contributed by atoms with Crippen LogP contribution in [0.2, 0.25) is 0 Å². The molecule has 1 rings (SSSR count). The second kappa shape index (κ2) is 5.82. The molecular formula is C13H18BrNO3. The molecule has 1 amide bonds. The number of hydrogen-bond acceptors (Lipinski definition) is 3. The summed E-state index contributed by atoms with van der Waals surface area (Å²) in [5.41, 5.74) is -0.741. The van der Waals surface area contributed by atoms with Gasteiger partial charge < -0.3 is 15.5 Å². The number of benzene rings is 1. The zero-order valence-electron chi connectivity index (χ0n) is 10.6. The number of rotatable bonds is 4. The number of hydrogen-bond donors (Lipinski definition) is 3. The molecule has 0 bridgehead atoms. The lowest BCUT2D eigenvalue weighted by molar-refractivity contribution is -0.137. The van der Waals surface area contributed by atoms with Crippen molar-refractivity contribution in [1.29, 1.82) is 0 Å². The van der Waals surface area contributed by atoms with E-state index < -0.39 is 23.7 Å². The number of aliphatic hydroxyl groups is 2. The number of aliphatic hydroxyl groups excluding tert-OH is 1. The Labute approximate surface area is 115 Å². The molecule has 3 N–H and O–H groups in total. The van der Waals surface area contributed by atoms with Crippen LogP contribution in [0.5, 0.6) is 0 Å². The number of halogens is 1. The Morgan fingerprint density at radius 2 is 1.83 bits per heavy atom. The Hall–Kier alpha value is -0.910. The highest BCUT2D eigenvalue weighted by molar-refractivity contribution is 9.10. The van der Waals surface area contributed by atoms with Crippen LogP contribution in [0.4, 0.5) is 0 Å². The predicted molar refractivity (Wildman–Crippen MR) is 73.0 cm³/mol. The summed E-state index contributed by atoms with van der Waals surface area (Å²) in [7, 11) is 0. The van der Waals surface area contributed by atoms with Gasteiger partial charge in [-0.05, 0) is 38.5 Å². The topological polar surface area (TPSA) is 69.6 Å². The molecule has 0 fully saturated rings. The molecule has 100 valence electrons. The lowest BCUT2D eigenvalue weighted by Crippen LogP contribution is -2.47. The van der Waals surface area contributed by atoms with Crippen molar-refractivity contribution in [2.75, 3.05) is 0 Å². The summed E-state index contributed by atoms with van der Waals surface area (Å²) in [6.45, 7) is 4.50. The van der Waals surface area contributed by atoms with E-state index in [0.717, 1.165) is 4.47 Å². The van der Waals surface area contributed by atoms with E-state index in [0.29, 0.717) is 5.56 Å². The van der Waals surface area contributed by atoms with Crippen molar-refractivity contribution in [3.8, 4) is 0 Å². The number of amides is 1. The minimum absolute atomic E-state index is 0.481. The van der Waals surface area contributed by atoms with E-state index in [1.54, 1.807) is 19.1 Å². The molecule has 2 atom stereocenters. The fraction of sp³-hybridized carbons (Fsp3) is 0.462. The second-order valence-corrected chi connectivity index (χ2v) is 5.73. The van der Waals surface area contributed by atoms with E-state index in [9.17, 15) is 15.0 Å². The van der Waals surface area contributed by atoms with Crippen LogP contribution < -0.4 is 5.32 Å². The van der Waals surface area contributed by atoms with Gasteiger partial charge in [-0.2, -0.15) is 0 Å². The van der Waals surface area contributed by atoms with Crippen LogP contribution in [0, 0.1) is 0 Å². The van der Waals surface area contributed by atoms with Crippen molar-refractivity contribution < 1.29 is 15.0 Å². The first-order valence-electron chi connectivity index (χ1n) is 5.68. The molecule has 5 heteroatoms. The first-order chi connectivity index (χ1) is 8.21. The van der Waals surface area contributed by atoms with Gasteiger partial charge in [-0.25, -0.2) is 0 Å². The van der Waals surface area contributed by atoms with Crippen molar-refractivity contribution in [3.05, 3.63) is 34.3 Å². The average molecular weight is 316 g/mol. The minimum atomic E-state index is -1.45. The third kappa shape index (κ3) is 4.08.